The monoisotopic (exact) mass is 368 g/mol. The Bertz CT molecular complexity index is 738. The van der Waals surface area contributed by atoms with E-state index in [0.29, 0.717) is 38.7 Å². The third kappa shape index (κ3) is 5.10. The molecule has 23 heavy (non-hydrogen) atoms. The minimum Gasteiger partial charge on any atom is -0.462 e. The average Bonchev–Trinajstić information content (AvgIpc) is 2.51. The zero-order valence-corrected chi connectivity index (χ0v) is 14.6. The lowest BCUT2D eigenvalue weighted by Gasteiger charge is -2.12. The number of rotatable bonds is 4. The number of ether oxygens (including phenoxy) is 1. The Morgan fingerprint density at radius 2 is 1.96 bits per heavy atom. The summed E-state index contributed by atoms with van der Waals surface area (Å²) >= 11 is 17.2. The summed E-state index contributed by atoms with van der Waals surface area (Å²) in [6.07, 6.45) is 0. The van der Waals surface area contributed by atoms with Gasteiger partial charge in [0.25, 0.3) is 0 Å². The van der Waals surface area contributed by atoms with Crippen molar-refractivity contribution in [2.45, 2.75) is 6.92 Å². The summed E-state index contributed by atoms with van der Waals surface area (Å²) in [7, 11) is 0. The summed E-state index contributed by atoms with van der Waals surface area (Å²) in [4.78, 5) is 11.7. The number of nitrogens with one attached hydrogen (secondary N) is 2. The van der Waals surface area contributed by atoms with Crippen LogP contribution in [0.5, 0.6) is 0 Å². The smallest absolute Gasteiger partial charge is 0.338 e. The number of anilines is 2. The van der Waals surface area contributed by atoms with E-state index in [2.05, 4.69) is 10.6 Å². The molecule has 0 aromatic heterocycles. The lowest BCUT2D eigenvalue weighted by atomic mass is 10.2. The van der Waals surface area contributed by atoms with E-state index >= 15 is 0 Å². The Kier molecular flexibility index (Phi) is 6.21. The second-order valence-corrected chi connectivity index (χ2v) is 5.76. The van der Waals surface area contributed by atoms with Gasteiger partial charge in [0, 0.05) is 10.7 Å². The maximum absolute atomic E-state index is 11.7. The highest BCUT2D eigenvalue weighted by Crippen LogP contribution is 2.25. The molecule has 7 heteroatoms. The molecule has 120 valence electrons. The standard InChI is InChI=1S/C16H14Cl2N2O2S/c1-2-22-15(21)10-4-3-5-12(8-10)19-16(23)20-14-9-11(17)6-7-13(14)18/h3-9H,2H2,1H3,(H2,19,20,23). The highest BCUT2D eigenvalue weighted by atomic mass is 35.5. The number of benzene rings is 2. The SMILES string of the molecule is CCOC(=O)c1cccc(NC(=S)Nc2cc(Cl)ccc2Cl)c1. The van der Waals surface area contributed by atoms with Crippen LogP contribution in [0.4, 0.5) is 11.4 Å². The van der Waals surface area contributed by atoms with E-state index in [0.717, 1.165) is 0 Å². The summed E-state index contributed by atoms with van der Waals surface area (Å²) in [6.45, 7) is 2.08. The summed E-state index contributed by atoms with van der Waals surface area (Å²) in [5.74, 6) is -0.382. The third-order valence-electron chi connectivity index (χ3n) is 2.81. The first-order chi connectivity index (χ1) is 11.0. The first kappa shape index (κ1) is 17.5. The molecule has 0 radical (unpaired) electrons. The molecule has 2 N–H and O–H groups in total. The number of halogens is 2. The van der Waals surface area contributed by atoms with Gasteiger partial charge in [0.2, 0.25) is 0 Å². The Balaban J connectivity index is 2.07. The highest BCUT2D eigenvalue weighted by Gasteiger charge is 2.08. The minimum absolute atomic E-state index is 0.323. The predicted molar refractivity (Wildman–Crippen MR) is 98.7 cm³/mol. The Morgan fingerprint density at radius 3 is 2.70 bits per heavy atom. The van der Waals surface area contributed by atoms with Gasteiger partial charge in [0.15, 0.2) is 5.11 Å². The quantitative estimate of drug-likeness (QED) is 0.588. The molecule has 0 fully saturated rings. The fraction of sp³-hybridized carbons (Fsp3) is 0.125. The zero-order valence-electron chi connectivity index (χ0n) is 12.2. The molecule has 0 saturated carbocycles. The molecule has 2 aromatic carbocycles. The topological polar surface area (TPSA) is 50.4 Å². The van der Waals surface area contributed by atoms with E-state index in [-0.39, 0.29) is 5.97 Å². The molecule has 0 heterocycles. The van der Waals surface area contributed by atoms with Crippen molar-refractivity contribution in [1.29, 1.82) is 0 Å². The normalized spacial score (nSPS) is 10.0. The van der Waals surface area contributed by atoms with Crippen molar-refractivity contribution >= 4 is 57.9 Å². The van der Waals surface area contributed by atoms with E-state index in [1.807, 2.05) is 0 Å². The molecule has 0 saturated heterocycles. The Labute approximate surface area is 149 Å². The maximum atomic E-state index is 11.7. The lowest BCUT2D eigenvalue weighted by Crippen LogP contribution is -2.19. The molecule has 0 spiro atoms. The maximum Gasteiger partial charge on any atom is 0.338 e. The fourth-order valence-electron chi connectivity index (χ4n) is 1.82. The third-order valence-corrected chi connectivity index (χ3v) is 3.58. The van der Waals surface area contributed by atoms with Crippen LogP contribution in [0.3, 0.4) is 0 Å². The number of hydrogen-bond acceptors (Lipinski definition) is 3. The van der Waals surface area contributed by atoms with Crippen molar-refractivity contribution < 1.29 is 9.53 Å². The van der Waals surface area contributed by atoms with Gasteiger partial charge >= 0.3 is 5.97 Å². The highest BCUT2D eigenvalue weighted by molar-refractivity contribution is 7.80. The van der Waals surface area contributed by atoms with Gasteiger partial charge in [-0.3, -0.25) is 0 Å². The molecule has 0 amide bonds. The first-order valence-corrected chi connectivity index (χ1v) is 7.96. The van der Waals surface area contributed by atoms with Gasteiger partial charge in [-0.05, 0) is 55.5 Å². The van der Waals surface area contributed by atoms with Crippen LogP contribution in [0.2, 0.25) is 10.0 Å². The van der Waals surface area contributed by atoms with Crippen LogP contribution in [0.15, 0.2) is 42.5 Å². The van der Waals surface area contributed by atoms with Gasteiger partial charge in [0.1, 0.15) is 0 Å². The molecular formula is C16H14Cl2N2O2S. The van der Waals surface area contributed by atoms with Crippen LogP contribution in [0.25, 0.3) is 0 Å². The van der Waals surface area contributed by atoms with Gasteiger partial charge in [-0.15, -0.1) is 0 Å². The largest absolute Gasteiger partial charge is 0.462 e. The van der Waals surface area contributed by atoms with Crippen molar-refractivity contribution in [2.24, 2.45) is 0 Å². The molecule has 0 atom stereocenters. The van der Waals surface area contributed by atoms with E-state index in [1.165, 1.54) is 0 Å². The number of carbonyl (C=O) groups excluding carboxylic acids is 1. The van der Waals surface area contributed by atoms with Crippen LogP contribution >= 0.6 is 35.4 Å². The van der Waals surface area contributed by atoms with Gasteiger partial charge < -0.3 is 15.4 Å². The summed E-state index contributed by atoms with van der Waals surface area (Å²) < 4.78 is 4.97. The van der Waals surface area contributed by atoms with Crippen LogP contribution in [0.1, 0.15) is 17.3 Å². The van der Waals surface area contributed by atoms with Crippen molar-refractivity contribution in [3.05, 3.63) is 58.1 Å². The van der Waals surface area contributed by atoms with Crippen LogP contribution in [-0.2, 0) is 4.74 Å². The summed E-state index contributed by atoms with van der Waals surface area (Å²) in [6, 6.07) is 11.9. The number of esters is 1. The minimum atomic E-state index is -0.382. The predicted octanol–water partition coefficient (Wildman–Crippen LogP) is 4.98. The molecule has 2 aromatic rings. The van der Waals surface area contributed by atoms with Crippen molar-refractivity contribution in [3.63, 3.8) is 0 Å². The van der Waals surface area contributed by atoms with E-state index in [1.54, 1.807) is 49.4 Å². The van der Waals surface area contributed by atoms with E-state index in [9.17, 15) is 4.79 Å². The molecule has 2 rings (SSSR count). The Morgan fingerprint density at radius 1 is 1.17 bits per heavy atom. The van der Waals surface area contributed by atoms with Crippen LogP contribution in [0, 0.1) is 0 Å². The number of hydrogen-bond donors (Lipinski definition) is 2. The number of thiocarbonyl (C=S) groups is 1. The zero-order chi connectivity index (χ0) is 16.8. The molecule has 0 aliphatic heterocycles. The van der Waals surface area contributed by atoms with Gasteiger partial charge in [-0.2, -0.15) is 0 Å². The lowest BCUT2D eigenvalue weighted by molar-refractivity contribution is 0.0526. The van der Waals surface area contributed by atoms with Crippen molar-refractivity contribution in [1.82, 2.24) is 0 Å². The average molecular weight is 369 g/mol. The molecule has 0 aliphatic carbocycles. The summed E-state index contributed by atoms with van der Waals surface area (Å²) in [5.41, 5.74) is 1.70. The Hall–Kier alpha value is -1.82. The van der Waals surface area contributed by atoms with Gasteiger partial charge in [-0.1, -0.05) is 29.3 Å². The second-order valence-electron chi connectivity index (χ2n) is 4.50. The van der Waals surface area contributed by atoms with Crippen LogP contribution < -0.4 is 10.6 Å². The summed E-state index contributed by atoms with van der Waals surface area (Å²) in [5, 5.41) is 7.32. The molecule has 0 bridgehead atoms. The molecular weight excluding hydrogens is 355 g/mol. The first-order valence-electron chi connectivity index (χ1n) is 6.80. The number of carbonyl (C=O) groups is 1. The van der Waals surface area contributed by atoms with Crippen molar-refractivity contribution in [3.8, 4) is 0 Å². The van der Waals surface area contributed by atoms with E-state index < -0.39 is 0 Å². The molecule has 4 nitrogen and oxygen atoms in total. The fourth-order valence-corrected chi connectivity index (χ4v) is 2.38. The molecule has 0 aliphatic rings. The molecule has 0 unspecified atom stereocenters. The van der Waals surface area contributed by atoms with Gasteiger partial charge in [-0.25, -0.2) is 4.79 Å². The van der Waals surface area contributed by atoms with Crippen LogP contribution in [-0.4, -0.2) is 17.7 Å². The van der Waals surface area contributed by atoms with E-state index in [4.69, 9.17) is 40.2 Å². The van der Waals surface area contributed by atoms with Crippen molar-refractivity contribution in [2.75, 3.05) is 17.2 Å². The second kappa shape index (κ2) is 8.15. The van der Waals surface area contributed by atoms with Gasteiger partial charge in [0.05, 0.1) is 22.9 Å².